The van der Waals surface area contributed by atoms with Gasteiger partial charge >= 0.3 is 11.9 Å². The highest BCUT2D eigenvalue weighted by Gasteiger charge is 2.20. The molecule has 0 aliphatic rings. The number of para-hydroxylation sites is 3. The summed E-state index contributed by atoms with van der Waals surface area (Å²) in [5.41, 5.74) is 9.70. The Morgan fingerprint density at radius 2 is 0.828 bits per heavy atom. The molecule has 58 heavy (non-hydrogen) atoms. The van der Waals surface area contributed by atoms with Crippen LogP contribution in [0.4, 0.5) is 0 Å². The van der Waals surface area contributed by atoms with Crippen molar-refractivity contribution >= 4 is 55.6 Å². The maximum Gasteiger partial charge on any atom is 0.337 e. The molecule has 0 N–H and O–H groups in total. The Morgan fingerprint density at radius 1 is 0.414 bits per heavy atom. The number of aromatic nitrogens is 5. The first kappa shape index (κ1) is 34.6. The molecule has 0 saturated heterocycles. The number of benzene rings is 7. The molecule has 0 aliphatic carbocycles. The largest absolute Gasteiger partial charge is 0.465 e. The molecule has 10 rings (SSSR count). The Labute approximate surface area is 332 Å². The third-order valence-electron chi connectivity index (χ3n) is 10.6. The predicted octanol–water partition coefficient (Wildman–Crippen LogP) is 10.6. The molecule has 0 unspecified atom stereocenters. The van der Waals surface area contributed by atoms with Crippen LogP contribution in [0.25, 0.3) is 89.2 Å². The van der Waals surface area contributed by atoms with Crippen LogP contribution in [0.5, 0.6) is 0 Å². The minimum Gasteiger partial charge on any atom is -0.465 e. The normalized spacial score (nSPS) is 11.4. The lowest BCUT2D eigenvalue weighted by molar-refractivity contribution is 0.0592. The van der Waals surface area contributed by atoms with Gasteiger partial charge in [0.15, 0.2) is 11.6 Å². The molecule has 0 atom stereocenters. The van der Waals surface area contributed by atoms with Crippen LogP contribution in [0.2, 0.25) is 0 Å². The highest BCUT2D eigenvalue weighted by Crippen LogP contribution is 2.38. The molecule has 0 bridgehead atoms. The second-order valence-corrected chi connectivity index (χ2v) is 13.9. The summed E-state index contributed by atoms with van der Waals surface area (Å²) in [4.78, 5) is 39.4. The summed E-state index contributed by atoms with van der Waals surface area (Å²) in [6, 6.07) is 54.4. The van der Waals surface area contributed by atoms with Gasteiger partial charge in [-0.15, -0.1) is 0 Å². The van der Waals surface area contributed by atoms with Crippen LogP contribution >= 0.6 is 0 Å². The molecule has 9 nitrogen and oxygen atoms in total. The first-order chi connectivity index (χ1) is 28.5. The fourth-order valence-corrected chi connectivity index (χ4v) is 7.85. The molecule has 7 aromatic carbocycles. The Kier molecular flexibility index (Phi) is 8.34. The van der Waals surface area contributed by atoms with Crippen LogP contribution in [0.15, 0.2) is 164 Å². The van der Waals surface area contributed by atoms with E-state index < -0.39 is 11.9 Å². The molecule has 278 valence electrons. The Bertz CT molecular complexity index is 3150. The third kappa shape index (κ3) is 5.76. The molecule has 3 aromatic heterocycles. The summed E-state index contributed by atoms with van der Waals surface area (Å²) in [7, 11) is 2.70. The third-order valence-corrected chi connectivity index (χ3v) is 10.6. The number of methoxy groups -OCH3 is 2. The van der Waals surface area contributed by atoms with Crippen molar-refractivity contribution in [3.05, 3.63) is 175 Å². The summed E-state index contributed by atoms with van der Waals surface area (Å²) in [6.45, 7) is 0. The smallest absolute Gasteiger partial charge is 0.337 e. The second-order valence-electron chi connectivity index (χ2n) is 13.9. The SMILES string of the molecule is COC(=O)c1ccc(-c2nc(-c3ccc(C(=O)OC)cc3)nc(-n3c4ccccc4c4cc(-c5ccc6c(c5)c5ccccc5n6-c5ccccc5)ccc43)n2)cc1. The van der Waals surface area contributed by atoms with E-state index in [1.54, 1.807) is 48.5 Å². The molecule has 0 saturated carbocycles. The number of nitrogens with zero attached hydrogens (tertiary/aromatic N) is 5. The van der Waals surface area contributed by atoms with E-state index in [4.69, 9.17) is 24.4 Å². The topological polar surface area (TPSA) is 101 Å². The van der Waals surface area contributed by atoms with Crippen molar-refractivity contribution in [3.63, 3.8) is 0 Å². The average molecular weight is 756 g/mol. The summed E-state index contributed by atoms with van der Waals surface area (Å²) in [5, 5.41) is 4.48. The molecule has 9 heteroatoms. The van der Waals surface area contributed by atoms with E-state index in [-0.39, 0.29) is 0 Å². The highest BCUT2D eigenvalue weighted by atomic mass is 16.5. The Balaban J connectivity index is 1.14. The van der Waals surface area contributed by atoms with E-state index in [1.807, 2.05) is 18.2 Å². The van der Waals surface area contributed by atoms with Gasteiger partial charge < -0.3 is 14.0 Å². The minimum atomic E-state index is -0.433. The quantitative estimate of drug-likeness (QED) is 0.149. The van der Waals surface area contributed by atoms with Crippen LogP contribution in [-0.2, 0) is 9.47 Å². The lowest BCUT2D eigenvalue weighted by atomic mass is 10.0. The van der Waals surface area contributed by atoms with Crippen LogP contribution in [0.3, 0.4) is 0 Å². The van der Waals surface area contributed by atoms with Crippen molar-refractivity contribution in [3.8, 4) is 45.5 Å². The maximum atomic E-state index is 12.2. The Hall–Kier alpha value is -7.91. The summed E-state index contributed by atoms with van der Waals surface area (Å²) >= 11 is 0. The molecule has 0 aliphatic heterocycles. The number of rotatable bonds is 7. The molecule has 3 heterocycles. The van der Waals surface area contributed by atoms with Gasteiger partial charge in [-0.05, 0) is 83.9 Å². The predicted molar refractivity (Wildman–Crippen MR) is 227 cm³/mol. The number of fused-ring (bicyclic) bond motifs is 6. The van der Waals surface area contributed by atoms with Crippen LogP contribution < -0.4 is 0 Å². The van der Waals surface area contributed by atoms with Gasteiger partial charge in [-0.25, -0.2) is 14.6 Å². The van der Waals surface area contributed by atoms with Crippen molar-refractivity contribution in [1.82, 2.24) is 24.1 Å². The van der Waals surface area contributed by atoms with E-state index >= 15 is 0 Å². The van der Waals surface area contributed by atoms with Gasteiger partial charge in [0, 0.05) is 38.4 Å². The van der Waals surface area contributed by atoms with Crippen LogP contribution in [0, 0.1) is 0 Å². The molecular formula is C49H33N5O4. The van der Waals surface area contributed by atoms with Crippen molar-refractivity contribution < 1.29 is 19.1 Å². The van der Waals surface area contributed by atoms with Crippen molar-refractivity contribution in [2.45, 2.75) is 0 Å². The van der Waals surface area contributed by atoms with Gasteiger partial charge in [-0.3, -0.25) is 4.57 Å². The van der Waals surface area contributed by atoms with Crippen LogP contribution in [0.1, 0.15) is 20.7 Å². The highest BCUT2D eigenvalue weighted by molar-refractivity contribution is 6.12. The monoisotopic (exact) mass is 755 g/mol. The number of esters is 2. The maximum absolute atomic E-state index is 12.2. The van der Waals surface area contributed by atoms with E-state index in [0.717, 1.165) is 49.7 Å². The summed E-state index contributed by atoms with van der Waals surface area (Å²) in [6.07, 6.45) is 0. The molecule has 0 spiro atoms. The van der Waals surface area contributed by atoms with E-state index in [1.165, 1.54) is 25.0 Å². The van der Waals surface area contributed by atoms with E-state index in [9.17, 15) is 9.59 Å². The van der Waals surface area contributed by atoms with E-state index in [2.05, 4.69) is 106 Å². The zero-order chi connectivity index (χ0) is 39.3. The standard InChI is InChI=1S/C49H33N5O4/c1-57-47(55)32-20-16-30(17-21-32)45-50-46(31-18-22-33(23-19-31)48(56)58-2)52-49(51-45)54-42-15-9-7-13-38(42)40-29-35(25-27-44(40)54)34-24-26-43-39(28-34)37-12-6-8-14-41(37)53(43)36-10-4-3-5-11-36/h3-29H,1-2H3. The van der Waals surface area contributed by atoms with E-state index in [0.29, 0.717) is 39.9 Å². The van der Waals surface area contributed by atoms with Crippen molar-refractivity contribution in [1.29, 1.82) is 0 Å². The second kappa shape index (κ2) is 14.0. The van der Waals surface area contributed by atoms with Crippen LogP contribution in [-0.4, -0.2) is 50.2 Å². The minimum absolute atomic E-state index is 0.415. The van der Waals surface area contributed by atoms with Gasteiger partial charge in [0.25, 0.3) is 0 Å². The van der Waals surface area contributed by atoms with Gasteiger partial charge in [0.1, 0.15) is 0 Å². The number of hydrogen-bond acceptors (Lipinski definition) is 7. The van der Waals surface area contributed by atoms with Gasteiger partial charge in [-0.1, -0.05) is 91.0 Å². The zero-order valence-corrected chi connectivity index (χ0v) is 31.5. The fraction of sp³-hybridized carbons (Fsp3) is 0.0408. The first-order valence-corrected chi connectivity index (χ1v) is 18.8. The fourth-order valence-electron chi connectivity index (χ4n) is 7.85. The summed E-state index contributed by atoms with van der Waals surface area (Å²) < 4.78 is 14.2. The van der Waals surface area contributed by atoms with Gasteiger partial charge in [0.2, 0.25) is 5.95 Å². The lowest BCUT2D eigenvalue weighted by Crippen LogP contribution is -2.07. The molecular weight excluding hydrogens is 723 g/mol. The number of carbonyl (C=O) groups is 2. The number of carbonyl (C=O) groups excluding carboxylic acids is 2. The van der Waals surface area contributed by atoms with Crippen molar-refractivity contribution in [2.75, 3.05) is 14.2 Å². The lowest BCUT2D eigenvalue weighted by Gasteiger charge is -2.11. The molecule has 0 radical (unpaired) electrons. The summed E-state index contributed by atoms with van der Waals surface area (Å²) in [5.74, 6) is 0.386. The molecule has 10 aromatic rings. The molecule has 0 amide bonds. The average Bonchev–Trinajstić information content (AvgIpc) is 3.81. The zero-order valence-electron chi connectivity index (χ0n) is 31.5. The number of hydrogen-bond donors (Lipinski definition) is 0. The van der Waals surface area contributed by atoms with Gasteiger partial charge in [0.05, 0.1) is 47.4 Å². The van der Waals surface area contributed by atoms with Gasteiger partial charge in [-0.2, -0.15) is 9.97 Å². The van der Waals surface area contributed by atoms with Crippen molar-refractivity contribution in [2.24, 2.45) is 0 Å². The first-order valence-electron chi connectivity index (χ1n) is 18.8. The molecule has 0 fully saturated rings. The number of ether oxygens (including phenoxy) is 2. The Morgan fingerprint density at radius 3 is 1.33 bits per heavy atom.